The first-order valence-corrected chi connectivity index (χ1v) is 6.49. The van der Waals surface area contributed by atoms with E-state index in [-0.39, 0.29) is 11.6 Å². The van der Waals surface area contributed by atoms with Crippen molar-refractivity contribution in [1.82, 2.24) is 9.78 Å². The van der Waals surface area contributed by atoms with Crippen LogP contribution in [0.15, 0.2) is 30.5 Å². The quantitative estimate of drug-likeness (QED) is 0.935. The van der Waals surface area contributed by atoms with E-state index >= 15 is 0 Å². The molecule has 0 aliphatic heterocycles. The summed E-state index contributed by atoms with van der Waals surface area (Å²) in [5.41, 5.74) is -0.891. The van der Waals surface area contributed by atoms with Crippen molar-refractivity contribution < 1.29 is 14.2 Å². The first-order chi connectivity index (χ1) is 9.39. The molecular weight excluding hydrogens is 259 g/mol. The summed E-state index contributed by atoms with van der Waals surface area (Å²) in [6.45, 7) is 5.42. The molecule has 20 heavy (non-hydrogen) atoms. The van der Waals surface area contributed by atoms with Crippen LogP contribution in [0.3, 0.4) is 0 Å². The number of aromatic nitrogens is 2. The predicted octanol–water partition coefficient (Wildman–Crippen LogP) is 2.87. The molecule has 1 atom stereocenters. The van der Waals surface area contributed by atoms with Crippen LogP contribution < -0.4 is 4.74 Å². The number of benzene rings is 1. The maximum Gasteiger partial charge on any atom is 0.163 e. The van der Waals surface area contributed by atoms with Gasteiger partial charge in [0.25, 0.3) is 0 Å². The van der Waals surface area contributed by atoms with Crippen molar-refractivity contribution in [3.05, 3.63) is 47.5 Å². The second-order valence-corrected chi connectivity index (χ2v) is 5.15. The molecule has 0 amide bonds. The van der Waals surface area contributed by atoms with E-state index in [2.05, 4.69) is 5.10 Å². The minimum atomic E-state index is -1.53. The maximum atomic E-state index is 14.0. The Balaban J connectivity index is 2.65. The highest BCUT2D eigenvalue weighted by molar-refractivity contribution is 5.40. The van der Waals surface area contributed by atoms with Crippen molar-refractivity contribution in [3.63, 3.8) is 0 Å². The van der Waals surface area contributed by atoms with Gasteiger partial charge in [0.15, 0.2) is 5.75 Å². The summed E-state index contributed by atoms with van der Waals surface area (Å²) < 4.78 is 20.9. The predicted molar refractivity (Wildman–Crippen MR) is 74.2 cm³/mol. The topological polar surface area (TPSA) is 47.3 Å². The van der Waals surface area contributed by atoms with E-state index in [0.717, 1.165) is 0 Å². The molecule has 108 valence electrons. The molecule has 1 heterocycles. The van der Waals surface area contributed by atoms with Gasteiger partial charge in [0.05, 0.1) is 13.3 Å². The van der Waals surface area contributed by atoms with Crippen LogP contribution >= 0.6 is 0 Å². The third kappa shape index (κ3) is 2.29. The second-order valence-electron chi connectivity index (χ2n) is 5.15. The number of aliphatic hydroxyl groups is 1. The number of hydrogen-bond donors (Lipinski definition) is 1. The molecule has 0 spiro atoms. The number of rotatable bonds is 4. The van der Waals surface area contributed by atoms with Crippen molar-refractivity contribution in [2.45, 2.75) is 32.4 Å². The maximum absolute atomic E-state index is 14.0. The monoisotopic (exact) mass is 278 g/mol. The molecule has 0 aliphatic carbocycles. The van der Waals surface area contributed by atoms with Crippen molar-refractivity contribution in [1.29, 1.82) is 0 Å². The lowest BCUT2D eigenvalue weighted by Gasteiger charge is -2.27. The number of ether oxygens (including phenoxy) is 1. The lowest BCUT2D eigenvalue weighted by molar-refractivity contribution is 0.0828. The summed E-state index contributed by atoms with van der Waals surface area (Å²) in [7, 11) is 1.50. The van der Waals surface area contributed by atoms with Crippen LogP contribution in [-0.2, 0) is 5.60 Å². The third-order valence-corrected chi connectivity index (χ3v) is 3.33. The Hall–Kier alpha value is -1.88. The van der Waals surface area contributed by atoms with E-state index < -0.39 is 11.4 Å². The summed E-state index contributed by atoms with van der Waals surface area (Å²) in [6, 6.07) is 6.19. The van der Waals surface area contributed by atoms with E-state index in [1.165, 1.54) is 19.4 Å². The Morgan fingerprint density at radius 1 is 1.35 bits per heavy atom. The summed E-state index contributed by atoms with van der Waals surface area (Å²) in [4.78, 5) is 0. The second kappa shape index (κ2) is 5.25. The average Bonchev–Trinajstić information content (AvgIpc) is 2.83. The van der Waals surface area contributed by atoms with Crippen molar-refractivity contribution in [2.75, 3.05) is 7.11 Å². The molecule has 0 saturated heterocycles. The third-order valence-electron chi connectivity index (χ3n) is 3.33. The Kier molecular flexibility index (Phi) is 3.81. The first kappa shape index (κ1) is 14.5. The largest absolute Gasteiger partial charge is 0.493 e. The van der Waals surface area contributed by atoms with E-state index in [1.807, 2.05) is 13.8 Å². The summed E-state index contributed by atoms with van der Waals surface area (Å²) in [5, 5.41) is 15.1. The Morgan fingerprint density at radius 3 is 2.55 bits per heavy atom. The van der Waals surface area contributed by atoms with Crippen LogP contribution in [0.4, 0.5) is 4.39 Å². The van der Waals surface area contributed by atoms with E-state index in [9.17, 15) is 9.50 Å². The van der Waals surface area contributed by atoms with Gasteiger partial charge in [-0.25, -0.2) is 4.39 Å². The minimum Gasteiger partial charge on any atom is -0.493 e. The smallest absolute Gasteiger partial charge is 0.163 e. The standard InChI is InChI=1S/C15H19FN2O2/c1-10(2)18-14(13(20-4)9-17-18)15(3,19)11-7-5-6-8-12(11)16/h5-10,19H,1-4H3. The zero-order valence-corrected chi connectivity index (χ0v) is 12.1. The highest BCUT2D eigenvalue weighted by atomic mass is 19.1. The lowest BCUT2D eigenvalue weighted by atomic mass is 9.91. The molecule has 2 aromatic rings. The van der Waals surface area contributed by atoms with Gasteiger partial charge in [-0.3, -0.25) is 4.68 Å². The van der Waals surface area contributed by atoms with E-state index in [1.54, 1.807) is 29.8 Å². The molecule has 4 nitrogen and oxygen atoms in total. The molecule has 0 aliphatic rings. The molecule has 1 N–H and O–H groups in total. The molecule has 1 unspecified atom stereocenters. The van der Waals surface area contributed by atoms with Crippen molar-refractivity contribution >= 4 is 0 Å². The molecular formula is C15H19FN2O2. The van der Waals surface area contributed by atoms with Gasteiger partial charge in [0.1, 0.15) is 17.1 Å². The molecule has 0 fully saturated rings. The van der Waals surface area contributed by atoms with Gasteiger partial charge >= 0.3 is 0 Å². The summed E-state index contributed by atoms with van der Waals surface area (Å²) in [6.07, 6.45) is 1.53. The fourth-order valence-corrected chi connectivity index (χ4v) is 2.33. The fourth-order valence-electron chi connectivity index (χ4n) is 2.33. The number of hydrogen-bond acceptors (Lipinski definition) is 3. The van der Waals surface area contributed by atoms with Crippen LogP contribution in [0.5, 0.6) is 5.75 Å². The van der Waals surface area contributed by atoms with Gasteiger partial charge < -0.3 is 9.84 Å². The summed E-state index contributed by atoms with van der Waals surface area (Å²) in [5.74, 6) is -0.0250. The Morgan fingerprint density at radius 2 is 2.00 bits per heavy atom. The van der Waals surface area contributed by atoms with Gasteiger partial charge in [-0.05, 0) is 26.8 Å². The first-order valence-electron chi connectivity index (χ1n) is 6.49. The van der Waals surface area contributed by atoms with Crippen LogP contribution in [0.1, 0.15) is 38.1 Å². The zero-order chi connectivity index (χ0) is 14.9. The molecule has 1 aromatic heterocycles. The van der Waals surface area contributed by atoms with Crippen LogP contribution in [0.2, 0.25) is 0 Å². The van der Waals surface area contributed by atoms with Gasteiger partial charge in [-0.15, -0.1) is 0 Å². The Labute approximate surface area is 117 Å². The number of nitrogens with zero attached hydrogens (tertiary/aromatic N) is 2. The molecule has 1 aromatic carbocycles. The molecule has 5 heteroatoms. The van der Waals surface area contributed by atoms with Crippen LogP contribution in [0, 0.1) is 5.82 Å². The Bertz CT molecular complexity index is 606. The minimum absolute atomic E-state index is 0.0205. The van der Waals surface area contributed by atoms with Crippen molar-refractivity contribution in [2.24, 2.45) is 0 Å². The number of methoxy groups -OCH3 is 1. The van der Waals surface area contributed by atoms with E-state index in [4.69, 9.17) is 4.74 Å². The highest BCUT2D eigenvalue weighted by Crippen LogP contribution is 2.37. The SMILES string of the molecule is COc1cnn(C(C)C)c1C(C)(O)c1ccccc1F. The van der Waals surface area contributed by atoms with Gasteiger partial charge in [-0.2, -0.15) is 5.10 Å². The highest BCUT2D eigenvalue weighted by Gasteiger charge is 2.36. The summed E-state index contributed by atoms with van der Waals surface area (Å²) >= 11 is 0. The van der Waals surface area contributed by atoms with Crippen molar-refractivity contribution in [3.8, 4) is 5.75 Å². The normalized spacial score (nSPS) is 14.3. The van der Waals surface area contributed by atoms with Gasteiger partial charge in [0.2, 0.25) is 0 Å². The van der Waals surface area contributed by atoms with Crippen LogP contribution in [-0.4, -0.2) is 22.0 Å². The van der Waals surface area contributed by atoms with E-state index in [0.29, 0.717) is 11.4 Å². The molecule has 0 bridgehead atoms. The lowest BCUT2D eigenvalue weighted by Crippen LogP contribution is -2.29. The zero-order valence-electron chi connectivity index (χ0n) is 12.1. The average molecular weight is 278 g/mol. The van der Waals surface area contributed by atoms with Gasteiger partial charge in [0, 0.05) is 11.6 Å². The molecule has 0 radical (unpaired) electrons. The molecule has 2 rings (SSSR count). The van der Waals surface area contributed by atoms with Gasteiger partial charge in [-0.1, -0.05) is 18.2 Å². The van der Waals surface area contributed by atoms with Crippen LogP contribution in [0.25, 0.3) is 0 Å². The fraction of sp³-hybridized carbons (Fsp3) is 0.400. The molecule has 0 saturated carbocycles. The number of halogens is 1.